The van der Waals surface area contributed by atoms with E-state index in [4.69, 9.17) is 5.11 Å². The van der Waals surface area contributed by atoms with Crippen LogP contribution in [0.25, 0.3) is 27.3 Å². The summed E-state index contributed by atoms with van der Waals surface area (Å²) in [6.45, 7) is 2.84. The minimum Gasteiger partial charge on any atom is -0.465 e. The Hall–Kier alpha value is -3.12. The molecule has 0 saturated carbocycles. The van der Waals surface area contributed by atoms with Crippen LogP contribution in [0.2, 0.25) is 0 Å². The first kappa shape index (κ1) is 19.8. The molecule has 0 unspecified atom stereocenters. The number of carboxylic acid groups (broad SMARTS) is 1. The minimum atomic E-state index is -0.908. The molecule has 1 aromatic carbocycles. The van der Waals surface area contributed by atoms with Gasteiger partial charge in [-0.3, -0.25) is 0 Å². The third-order valence-electron chi connectivity index (χ3n) is 5.06. The highest BCUT2D eigenvalue weighted by molar-refractivity contribution is 9.10. The van der Waals surface area contributed by atoms with Crippen molar-refractivity contribution in [2.24, 2.45) is 0 Å². The van der Waals surface area contributed by atoms with E-state index in [2.05, 4.69) is 46.5 Å². The van der Waals surface area contributed by atoms with Crippen LogP contribution in [0.4, 0.5) is 10.7 Å². The lowest BCUT2D eigenvalue weighted by Gasteiger charge is -2.13. The molecular formula is C19H17BrN8O2S. The van der Waals surface area contributed by atoms with Crippen molar-refractivity contribution in [3.8, 4) is 16.3 Å². The Kier molecular flexibility index (Phi) is 5.02. The number of anilines is 1. The Bertz CT molecular complexity index is 1270. The van der Waals surface area contributed by atoms with Gasteiger partial charge in [-0.2, -0.15) is 10.1 Å². The van der Waals surface area contributed by atoms with Crippen LogP contribution in [-0.4, -0.2) is 65.2 Å². The zero-order valence-electron chi connectivity index (χ0n) is 16.4. The minimum absolute atomic E-state index is 0.0250. The first-order chi connectivity index (χ1) is 15.0. The van der Waals surface area contributed by atoms with Crippen LogP contribution in [0.15, 0.2) is 35.1 Å². The summed E-state index contributed by atoms with van der Waals surface area (Å²) in [4.78, 5) is 21.6. The number of nitrogens with one attached hydrogen (secondary N) is 1. The predicted molar refractivity (Wildman–Crippen MR) is 120 cm³/mol. The van der Waals surface area contributed by atoms with E-state index in [1.54, 1.807) is 22.2 Å². The van der Waals surface area contributed by atoms with Crippen LogP contribution in [0.3, 0.4) is 0 Å². The summed E-state index contributed by atoms with van der Waals surface area (Å²) in [5.41, 5.74) is 2.49. The average Bonchev–Trinajstić information content (AvgIpc) is 3.48. The second kappa shape index (κ2) is 7.85. The molecule has 0 spiro atoms. The fourth-order valence-electron chi connectivity index (χ4n) is 3.51. The van der Waals surface area contributed by atoms with Crippen molar-refractivity contribution in [3.05, 3.63) is 40.1 Å². The highest BCUT2D eigenvalue weighted by Gasteiger charge is 2.26. The van der Waals surface area contributed by atoms with Crippen LogP contribution in [0.5, 0.6) is 0 Å². The van der Waals surface area contributed by atoms with Crippen LogP contribution in [0, 0.1) is 6.92 Å². The highest BCUT2D eigenvalue weighted by atomic mass is 79.9. The summed E-state index contributed by atoms with van der Waals surface area (Å²) in [5.74, 6) is 0.444. The second-order valence-electron chi connectivity index (χ2n) is 7.17. The van der Waals surface area contributed by atoms with E-state index in [0.717, 1.165) is 26.7 Å². The van der Waals surface area contributed by atoms with Crippen molar-refractivity contribution >= 4 is 50.3 Å². The van der Waals surface area contributed by atoms with Gasteiger partial charge in [-0.05, 0) is 53.5 Å². The van der Waals surface area contributed by atoms with E-state index in [1.165, 1.54) is 4.90 Å². The number of hydrogen-bond acceptors (Lipinski definition) is 8. The van der Waals surface area contributed by atoms with Crippen LogP contribution < -0.4 is 5.32 Å². The summed E-state index contributed by atoms with van der Waals surface area (Å²) >= 11 is 5.03. The largest absolute Gasteiger partial charge is 0.465 e. The number of fused-ring (bicyclic) bond motifs is 1. The molecule has 1 atom stereocenters. The summed E-state index contributed by atoms with van der Waals surface area (Å²) in [6.07, 6.45) is 1.51. The maximum absolute atomic E-state index is 11.1. The standard InChI is InChI=1S/C19H17BrN8O2S/c1-10-24-25-17(31-10)11-2-4-13(5-3-11)28-16-14(15(20)26-28)8-21-18(23-16)22-12-6-7-27(9-12)19(29)30/h2-5,8,12H,6-7,9H2,1H3,(H,29,30)(H,21,22,23)/t12-/m1/s1. The Balaban J connectivity index is 1.44. The Morgan fingerprint density at radius 1 is 1.29 bits per heavy atom. The number of likely N-dealkylation sites (tertiary alicyclic amines) is 1. The molecule has 4 heterocycles. The van der Waals surface area contributed by atoms with Crippen LogP contribution in [0.1, 0.15) is 11.4 Å². The topological polar surface area (TPSA) is 122 Å². The van der Waals surface area contributed by atoms with E-state index < -0.39 is 6.09 Å². The molecule has 1 aliphatic heterocycles. The molecule has 1 aliphatic rings. The van der Waals surface area contributed by atoms with Gasteiger partial charge in [0.15, 0.2) is 5.65 Å². The summed E-state index contributed by atoms with van der Waals surface area (Å²) in [7, 11) is 0. The Labute approximate surface area is 189 Å². The lowest BCUT2D eigenvalue weighted by molar-refractivity contribution is 0.155. The number of benzene rings is 1. The number of aryl methyl sites for hydroxylation is 1. The van der Waals surface area contributed by atoms with Gasteiger partial charge in [0, 0.05) is 30.9 Å². The van der Waals surface area contributed by atoms with Crippen molar-refractivity contribution in [3.63, 3.8) is 0 Å². The summed E-state index contributed by atoms with van der Waals surface area (Å²) in [5, 5.41) is 27.8. The summed E-state index contributed by atoms with van der Waals surface area (Å²) in [6, 6.07) is 7.86. The van der Waals surface area contributed by atoms with E-state index in [9.17, 15) is 4.79 Å². The van der Waals surface area contributed by atoms with Crippen molar-refractivity contribution in [1.29, 1.82) is 0 Å². The molecule has 2 N–H and O–H groups in total. The first-order valence-corrected chi connectivity index (χ1v) is 11.2. The lowest BCUT2D eigenvalue weighted by Crippen LogP contribution is -2.30. The van der Waals surface area contributed by atoms with Crippen LogP contribution >= 0.6 is 27.3 Å². The average molecular weight is 501 g/mol. The molecule has 4 aromatic rings. The molecule has 31 heavy (non-hydrogen) atoms. The number of nitrogens with zero attached hydrogens (tertiary/aromatic N) is 7. The van der Waals surface area contributed by atoms with Gasteiger partial charge in [0.2, 0.25) is 5.95 Å². The smallest absolute Gasteiger partial charge is 0.407 e. The van der Waals surface area contributed by atoms with Gasteiger partial charge in [-0.15, -0.1) is 10.2 Å². The monoisotopic (exact) mass is 500 g/mol. The molecular weight excluding hydrogens is 484 g/mol. The van der Waals surface area contributed by atoms with E-state index in [0.29, 0.717) is 35.7 Å². The van der Waals surface area contributed by atoms with Gasteiger partial charge in [0.05, 0.1) is 11.1 Å². The number of carbonyl (C=O) groups is 1. The first-order valence-electron chi connectivity index (χ1n) is 9.54. The fraction of sp³-hybridized carbons (Fsp3) is 0.263. The van der Waals surface area contributed by atoms with Crippen LogP contribution in [-0.2, 0) is 0 Å². The van der Waals surface area contributed by atoms with Gasteiger partial charge in [-0.1, -0.05) is 11.3 Å². The highest BCUT2D eigenvalue weighted by Crippen LogP contribution is 2.28. The molecule has 1 amide bonds. The number of rotatable bonds is 4. The van der Waals surface area contributed by atoms with E-state index >= 15 is 0 Å². The Morgan fingerprint density at radius 2 is 2.10 bits per heavy atom. The SMILES string of the molecule is Cc1nnc(-c2ccc(-n3nc(Br)c4cnc(N[C@@H]5CCN(C(=O)O)C5)nc43)cc2)s1. The number of hydrogen-bond donors (Lipinski definition) is 2. The third kappa shape index (κ3) is 3.83. The second-order valence-corrected chi connectivity index (χ2v) is 9.10. The number of halogens is 1. The molecule has 3 aromatic heterocycles. The normalized spacial score (nSPS) is 16.2. The van der Waals surface area contributed by atoms with Gasteiger partial charge in [-0.25, -0.2) is 14.5 Å². The zero-order chi connectivity index (χ0) is 21.5. The third-order valence-corrected chi connectivity index (χ3v) is 6.53. The fourth-order valence-corrected chi connectivity index (χ4v) is 4.65. The van der Waals surface area contributed by atoms with Crippen molar-refractivity contribution < 1.29 is 9.90 Å². The molecule has 1 fully saturated rings. The zero-order valence-corrected chi connectivity index (χ0v) is 18.8. The number of amides is 1. The molecule has 0 bridgehead atoms. The van der Waals surface area contributed by atoms with Gasteiger partial charge < -0.3 is 15.3 Å². The van der Waals surface area contributed by atoms with Gasteiger partial charge >= 0.3 is 6.09 Å². The lowest BCUT2D eigenvalue weighted by atomic mass is 10.2. The molecule has 158 valence electrons. The molecule has 12 heteroatoms. The van der Waals surface area contributed by atoms with Crippen molar-refractivity contribution in [2.75, 3.05) is 18.4 Å². The maximum Gasteiger partial charge on any atom is 0.407 e. The predicted octanol–water partition coefficient (Wildman–Crippen LogP) is 3.57. The number of aromatic nitrogens is 6. The van der Waals surface area contributed by atoms with Crippen molar-refractivity contribution in [1.82, 2.24) is 34.8 Å². The van der Waals surface area contributed by atoms with E-state index in [1.807, 2.05) is 31.2 Å². The van der Waals surface area contributed by atoms with Crippen molar-refractivity contribution in [2.45, 2.75) is 19.4 Å². The Morgan fingerprint density at radius 3 is 2.77 bits per heavy atom. The molecule has 1 saturated heterocycles. The quantitative estimate of drug-likeness (QED) is 0.435. The maximum atomic E-state index is 11.1. The molecule has 0 radical (unpaired) electrons. The molecule has 10 nitrogen and oxygen atoms in total. The molecule has 5 rings (SSSR count). The summed E-state index contributed by atoms with van der Waals surface area (Å²) < 4.78 is 2.40. The van der Waals surface area contributed by atoms with E-state index in [-0.39, 0.29) is 6.04 Å². The van der Waals surface area contributed by atoms with Gasteiger partial charge in [0.1, 0.15) is 14.6 Å². The molecule has 0 aliphatic carbocycles. The van der Waals surface area contributed by atoms with Gasteiger partial charge in [0.25, 0.3) is 0 Å².